The van der Waals surface area contributed by atoms with Gasteiger partial charge < -0.3 is 16.2 Å². The second kappa shape index (κ2) is 7.20. The lowest BCUT2D eigenvalue weighted by atomic mass is 10.0. The molecule has 1 aliphatic heterocycles. The Balaban J connectivity index is 1.88. The average molecular weight is 372 g/mol. The molecule has 1 saturated heterocycles. The number of carbonyl (C=O) groups excluding carboxylic acids is 1. The van der Waals surface area contributed by atoms with Crippen molar-refractivity contribution in [3.05, 3.63) is 28.2 Å². The van der Waals surface area contributed by atoms with Crippen LogP contribution in [0.1, 0.15) is 23.2 Å². The van der Waals surface area contributed by atoms with Gasteiger partial charge in [0.05, 0.1) is 10.6 Å². The van der Waals surface area contributed by atoms with Crippen molar-refractivity contribution in [2.75, 3.05) is 19.6 Å². The molecule has 1 heterocycles. The van der Waals surface area contributed by atoms with Crippen LogP contribution in [0.2, 0.25) is 0 Å². The zero-order valence-corrected chi connectivity index (χ0v) is 13.9. The molecule has 114 valence electrons. The smallest absolute Gasteiger partial charge is 0.255 e. The number of aromatic hydroxyl groups is 1. The van der Waals surface area contributed by atoms with Crippen molar-refractivity contribution in [2.45, 2.75) is 18.9 Å². The van der Waals surface area contributed by atoms with Crippen LogP contribution >= 0.6 is 28.1 Å². The van der Waals surface area contributed by atoms with Crippen molar-refractivity contribution < 1.29 is 9.90 Å². The van der Waals surface area contributed by atoms with Crippen molar-refractivity contribution in [3.8, 4) is 5.75 Å². The first-order valence-electron chi connectivity index (χ1n) is 6.75. The Bertz CT molecular complexity index is 545. The molecule has 0 atom stereocenters. The summed E-state index contributed by atoms with van der Waals surface area (Å²) in [5, 5.41) is 12.8. The summed E-state index contributed by atoms with van der Waals surface area (Å²) in [7, 11) is 0. The second-order valence-corrected chi connectivity index (χ2v) is 6.59. The molecule has 21 heavy (non-hydrogen) atoms. The Morgan fingerprint density at radius 1 is 1.48 bits per heavy atom. The van der Waals surface area contributed by atoms with E-state index >= 15 is 0 Å². The standard InChI is InChI=1S/C14H18BrN3O2S/c15-9-1-2-11(12(19)7-9)14(20)17-10-3-5-18(6-4-10)8-13(16)21/h1-2,7,10,19H,3-6,8H2,(H2,16,21)(H,17,20). The van der Waals surface area contributed by atoms with Crippen LogP contribution in [0, 0.1) is 0 Å². The van der Waals surface area contributed by atoms with Crippen LogP contribution in [0.5, 0.6) is 5.75 Å². The van der Waals surface area contributed by atoms with Crippen LogP contribution in [0.25, 0.3) is 0 Å². The molecular weight excluding hydrogens is 354 g/mol. The number of nitrogens with zero attached hydrogens (tertiary/aromatic N) is 1. The summed E-state index contributed by atoms with van der Waals surface area (Å²) < 4.78 is 0.739. The number of hydrogen-bond donors (Lipinski definition) is 3. The van der Waals surface area contributed by atoms with Crippen molar-refractivity contribution in [3.63, 3.8) is 0 Å². The molecule has 1 aliphatic rings. The van der Waals surface area contributed by atoms with Crippen LogP contribution in [-0.2, 0) is 0 Å². The number of nitrogens with two attached hydrogens (primary N) is 1. The van der Waals surface area contributed by atoms with E-state index in [0.29, 0.717) is 17.1 Å². The maximum absolute atomic E-state index is 12.2. The third kappa shape index (κ3) is 4.66. The fourth-order valence-electron chi connectivity index (χ4n) is 2.42. The van der Waals surface area contributed by atoms with Gasteiger partial charge in [0.2, 0.25) is 0 Å². The number of thiocarbonyl (C=S) groups is 1. The number of likely N-dealkylation sites (tertiary alicyclic amines) is 1. The Hall–Kier alpha value is -1.18. The quantitative estimate of drug-likeness (QED) is 0.701. The Labute approximate surface area is 137 Å². The fourth-order valence-corrected chi connectivity index (χ4v) is 2.95. The molecule has 2 rings (SSSR count). The summed E-state index contributed by atoms with van der Waals surface area (Å²) in [6.45, 7) is 2.34. The fraction of sp³-hybridized carbons (Fsp3) is 0.429. The summed E-state index contributed by atoms with van der Waals surface area (Å²) >= 11 is 8.15. The molecule has 0 unspecified atom stereocenters. The maximum Gasteiger partial charge on any atom is 0.255 e. The molecule has 0 aromatic heterocycles. The van der Waals surface area contributed by atoms with Crippen LogP contribution in [0.15, 0.2) is 22.7 Å². The molecule has 1 aromatic carbocycles. The molecule has 1 aromatic rings. The highest BCUT2D eigenvalue weighted by Gasteiger charge is 2.22. The first-order chi connectivity index (χ1) is 9.95. The van der Waals surface area contributed by atoms with Crippen molar-refractivity contribution >= 4 is 39.0 Å². The Morgan fingerprint density at radius 3 is 2.71 bits per heavy atom. The van der Waals surface area contributed by atoms with Gasteiger partial charge in [-0.2, -0.15) is 0 Å². The zero-order chi connectivity index (χ0) is 15.4. The number of rotatable bonds is 4. The predicted molar refractivity (Wildman–Crippen MR) is 89.5 cm³/mol. The highest BCUT2D eigenvalue weighted by Crippen LogP contribution is 2.22. The molecule has 1 amide bonds. The molecule has 1 fully saturated rings. The van der Waals surface area contributed by atoms with E-state index in [2.05, 4.69) is 26.1 Å². The van der Waals surface area contributed by atoms with Gasteiger partial charge in [-0.25, -0.2) is 0 Å². The van der Waals surface area contributed by atoms with Gasteiger partial charge in [-0.3, -0.25) is 9.69 Å². The molecule has 0 radical (unpaired) electrons. The predicted octanol–water partition coefficient (Wildman–Crippen LogP) is 1.63. The minimum atomic E-state index is -0.243. The van der Waals surface area contributed by atoms with Gasteiger partial charge in [0.15, 0.2) is 0 Å². The van der Waals surface area contributed by atoms with Gasteiger partial charge in [0, 0.05) is 30.1 Å². The highest BCUT2D eigenvalue weighted by molar-refractivity contribution is 9.10. The minimum absolute atomic E-state index is 0.0206. The maximum atomic E-state index is 12.2. The number of hydrogen-bond acceptors (Lipinski definition) is 4. The molecule has 0 saturated carbocycles. The van der Waals surface area contributed by atoms with Crippen LogP contribution in [-0.4, -0.2) is 46.6 Å². The van der Waals surface area contributed by atoms with E-state index < -0.39 is 0 Å². The lowest BCUT2D eigenvalue weighted by Gasteiger charge is -2.32. The number of phenols is 1. The summed E-state index contributed by atoms with van der Waals surface area (Å²) in [6.07, 6.45) is 1.71. The number of piperidine rings is 1. The van der Waals surface area contributed by atoms with E-state index in [1.54, 1.807) is 12.1 Å². The highest BCUT2D eigenvalue weighted by atomic mass is 79.9. The SMILES string of the molecule is NC(=S)CN1CCC(NC(=O)c2ccc(Br)cc2O)CC1. The second-order valence-electron chi connectivity index (χ2n) is 5.15. The van der Waals surface area contributed by atoms with E-state index in [1.807, 2.05) is 0 Å². The summed E-state index contributed by atoms with van der Waals surface area (Å²) in [5.41, 5.74) is 5.83. The number of benzene rings is 1. The molecule has 0 spiro atoms. The summed E-state index contributed by atoms with van der Waals surface area (Å²) in [4.78, 5) is 14.8. The third-order valence-electron chi connectivity index (χ3n) is 3.51. The number of halogens is 1. The van der Waals surface area contributed by atoms with Gasteiger partial charge in [-0.05, 0) is 31.0 Å². The van der Waals surface area contributed by atoms with E-state index in [1.165, 1.54) is 6.07 Å². The number of amides is 1. The van der Waals surface area contributed by atoms with Gasteiger partial charge in [0.1, 0.15) is 5.75 Å². The van der Waals surface area contributed by atoms with Crippen LogP contribution in [0.4, 0.5) is 0 Å². The van der Waals surface area contributed by atoms with Crippen molar-refractivity contribution in [1.29, 1.82) is 0 Å². The van der Waals surface area contributed by atoms with Crippen LogP contribution in [0.3, 0.4) is 0 Å². The van der Waals surface area contributed by atoms with Crippen molar-refractivity contribution in [1.82, 2.24) is 10.2 Å². The van der Waals surface area contributed by atoms with Gasteiger partial charge in [0.25, 0.3) is 5.91 Å². The third-order valence-corrected chi connectivity index (χ3v) is 4.13. The largest absolute Gasteiger partial charge is 0.507 e. The number of phenolic OH excluding ortho intramolecular Hbond substituents is 1. The lowest BCUT2D eigenvalue weighted by Crippen LogP contribution is -2.46. The average Bonchev–Trinajstić information content (AvgIpc) is 2.40. The van der Waals surface area contributed by atoms with E-state index in [-0.39, 0.29) is 17.7 Å². The molecule has 0 bridgehead atoms. The Morgan fingerprint density at radius 2 is 2.14 bits per heavy atom. The first kappa shape index (κ1) is 16.2. The minimum Gasteiger partial charge on any atom is -0.507 e. The molecule has 0 aliphatic carbocycles. The van der Waals surface area contributed by atoms with Crippen LogP contribution < -0.4 is 11.1 Å². The van der Waals surface area contributed by atoms with Gasteiger partial charge >= 0.3 is 0 Å². The lowest BCUT2D eigenvalue weighted by molar-refractivity contribution is 0.0912. The molecule has 5 nitrogen and oxygen atoms in total. The Kier molecular flexibility index (Phi) is 5.55. The van der Waals surface area contributed by atoms with E-state index in [0.717, 1.165) is 30.4 Å². The van der Waals surface area contributed by atoms with E-state index in [4.69, 9.17) is 18.0 Å². The summed E-state index contributed by atoms with van der Waals surface area (Å²) in [6, 6.07) is 4.97. The van der Waals surface area contributed by atoms with E-state index in [9.17, 15) is 9.90 Å². The van der Waals surface area contributed by atoms with Gasteiger partial charge in [-0.1, -0.05) is 28.1 Å². The van der Waals surface area contributed by atoms with Crippen molar-refractivity contribution in [2.24, 2.45) is 5.73 Å². The summed E-state index contributed by atoms with van der Waals surface area (Å²) in [5.74, 6) is -0.263. The normalized spacial score (nSPS) is 16.6. The number of nitrogens with one attached hydrogen (secondary N) is 1. The topological polar surface area (TPSA) is 78.6 Å². The van der Waals surface area contributed by atoms with Gasteiger partial charge in [-0.15, -0.1) is 0 Å². The number of carbonyl (C=O) groups is 1. The monoisotopic (exact) mass is 371 g/mol. The molecular formula is C14H18BrN3O2S. The molecule has 4 N–H and O–H groups in total. The zero-order valence-electron chi connectivity index (χ0n) is 11.5. The first-order valence-corrected chi connectivity index (χ1v) is 7.96. The molecule has 7 heteroatoms.